The molecule has 20 heavy (non-hydrogen) atoms. The first kappa shape index (κ1) is 14.8. The largest absolute Gasteiger partial charge is 0.327 e. The molecule has 0 aromatic carbocycles. The number of nitrogens with zero attached hydrogens (tertiary/aromatic N) is 3. The highest BCUT2D eigenvalue weighted by molar-refractivity contribution is 8.26. The maximum absolute atomic E-state index is 12.0. The van der Waals surface area contributed by atoms with Crippen LogP contribution in [0.5, 0.6) is 0 Å². The third-order valence-electron chi connectivity index (χ3n) is 3.04. The molecule has 7 heteroatoms. The molecule has 0 aromatic rings. The van der Waals surface area contributed by atoms with E-state index in [0.717, 1.165) is 5.70 Å². The summed E-state index contributed by atoms with van der Waals surface area (Å²) in [7, 11) is 3.39. The van der Waals surface area contributed by atoms with Crippen LogP contribution in [0.25, 0.3) is 0 Å². The monoisotopic (exact) mass is 309 g/mol. The Kier molecular flexibility index (Phi) is 4.29. The second-order valence-electron chi connectivity index (χ2n) is 4.31. The van der Waals surface area contributed by atoms with Crippen LogP contribution in [-0.2, 0) is 4.79 Å². The Balaban J connectivity index is 2.23. The fourth-order valence-electron chi connectivity index (χ4n) is 1.83. The number of rotatable bonds is 2. The summed E-state index contributed by atoms with van der Waals surface area (Å²) in [5.74, 6) is -0.0785. The molecule has 0 bridgehead atoms. The molecule has 0 atom stereocenters. The van der Waals surface area contributed by atoms with Crippen molar-refractivity contribution in [2.45, 2.75) is 6.92 Å². The molecule has 2 heterocycles. The van der Waals surface area contributed by atoms with E-state index in [0.29, 0.717) is 15.8 Å². The van der Waals surface area contributed by atoms with Crippen LogP contribution < -0.4 is 0 Å². The van der Waals surface area contributed by atoms with Crippen LogP contribution in [0.2, 0.25) is 0 Å². The van der Waals surface area contributed by atoms with Gasteiger partial charge in [-0.2, -0.15) is 0 Å². The van der Waals surface area contributed by atoms with E-state index < -0.39 is 0 Å². The van der Waals surface area contributed by atoms with Gasteiger partial charge in [0, 0.05) is 32.5 Å². The van der Waals surface area contributed by atoms with Gasteiger partial charge < -0.3 is 4.90 Å². The van der Waals surface area contributed by atoms with Crippen molar-refractivity contribution in [1.29, 1.82) is 0 Å². The summed E-state index contributed by atoms with van der Waals surface area (Å²) in [6.45, 7) is 2.46. The van der Waals surface area contributed by atoms with Crippen LogP contribution in [0, 0.1) is 0 Å². The third kappa shape index (κ3) is 2.64. The average molecular weight is 309 g/mol. The maximum Gasteiger partial charge on any atom is 0.327 e. The normalized spacial score (nSPS) is 23.8. The van der Waals surface area contributed by atoms with Crippen LogP contribution in [0.3, 0.4) is 0 Å². The van der Waals surface area contributed by atoms with Gasteiger partial charge >= 0.3 is 6.03 Å². The SMILES string of the molecule is CCN1C(=O)C(=CC=C2C=CN(C)C(=O)N2C)SC1=S. The molecule has 0 saturated carbocycles. The van der Waals surface area contributed by atoms with Gasteiger partial charge in [-0.05, 0) is 25.2 Å². The summed E-state index contributed by atoms with van der Waals surface area (Å²) in [6, 6.07) is -0.117. The first-order valence-corrected chi connectivity index (χ1v) is 7.32. The molecule has 106 valence electrons. The van der Waals surface area contributed by atoms with Gasteiger partial charge in [-0.15, -0.1) is 0 Å². The molecule has 0 aliphatic carbocycles. The number of amides is 3. The minimum absolute atomic E-state index is 0.0785. The molecular weight excluding hydrogens is 294 g/mol. The Hall–Kier alpha value is -1.60. The van der Waals surface area contributed by atoms with Gasteiger partial charge in [-0.3, -0.25) is 14.6 Å². The number of allylic oxidation sites excluding steroid dienone is 3. The molecule has 3 amide bonds. The van der Waals surface area contributed by atoms with Crippen molar-refractivity contribution in [2.24, 2.45) is 0 Å². The van der Waals surface area contributed by atoms with Crippen LogP contribution in [0.15, 0.2) is 35.0 Å². The van der Waals surface area contributed by atoms with Gasteiger partial charge in [-0.25, -0.2) is 4.79 Å². The van der Waals surface area contributed by atoms with Crippen molar-refractivity contribution in [3.8, 4) is 0 Å². The molecule has 1 saturated heterocycles. The molecule has 2 aliphatic heterocycles. The van der Waals surface area contributed by atoms with Crippen LogP contribution in [-0.4, -0.2) is 51.6 Å². The molecular formula is C13H15N3O2S2. The average Bonchev–Trinajstić information content (AvgIpc) is 2.69. The lowest BCUT2D eigenvalue weighted by molar-refractivity contribution is -0.122. The van der Waals surface area contributed by atoms with E-state index in [2.05, 4.69) is 0 Å². The fourth-order valence-corrected chi connectivity index (χ4v) is 3.15. The Morgan fingerprint density at radius 1 is 1.30 bits per heavy atom. The zero-order valence-corrected chi connectivity index (χ0v) is 13.1. The van der Waals surface area contributed by atoms with Crippen molar-refractivity contribution in [1.82, 2.24) is 14.7 Å². The first-order chi connectivity index (χ1) is 9.45. The van der Waals surface area contributed by atoms with Crippen molar-refractivity contribution in [2.75, 3.05) is 20.6 Å². The summed E-state index contributed by atoms with van der Waals surface area (Å²) in [6.07, 6.45) is 6.98. The lowest BCUT2D eigenvalue weighted by atomic mass is 10.3. The lowest BCUT2D eigenvalue weighted by Gasteiger charge is -2.27. The van der Waals surface area contributed by atoms with Crippen molar-refractivity contribution in [3.63, 3.8) is 0 Å². The van der Waals surface area contributed by atoms with E-state index in [1.54, 1.807) is 37.3 Å². The predicted molar refractivity (Wildman–Crippen MR) is 83.8 cm³/mol. The maximum atomic E-state index is 12.0. The standard InChI is InChI=1S/C13H15N3O2S2/c1-4-16-11(17)10(20-13(16)19)6-5-9-7-8-14(2)12(18)15(9)3/h5-8H,4H2,1-3H3. The Labute approximate surface area is 127 Å². The van der Waals surface area contributed by atoms with Gasteiger partial charge in [-0.1, -0.05) is 24.0 Å². The van der Waals surface area contributed by atoms with E-state index in [9.17, 15) is 9.59 Å². The van der Waals surface area contributed by atoms with Gasteiger partial charge in [0.2, 0.25) is 0 Å². The molecule has 0 unspecified atom stereocenters. The van der Waals surface area contributed by atoms with Crippen molar-refractivity contribution < 1.29 is 9.59 Å². The lowest BCUT2D eigenvalue weighted by Crippen LogP contribution is -2.37. The molecule has 5 nitrogen and oxygen atoms in total. The van der Waals surface area contributed by atoms with Gasteiger partial charge in [0.25, 0.3) is 5.91 Å². The zero-order valence-electron chi connectivity index (χ0n) is 11.5. The molecule has 2 rings (SSSR count). The minimum atomic E-state index is -0.117. The summed E-state index contributed by atoms with van der Waals surface area (Å²) < 4.78 is 0.575. The number of urea groups is 1. The number of hydrogen-bond donors (Lipinski definition) is 0. The topological polar surface area (TPSA) is 43.9 Å². The zero-order chi connectivity index (χ0) is 14.9. The summed E-state index contributed by atoms with van der Waals surface area (Å²) in [5.41, 5.74) is 0.731. The van der Waals surface area contributed by atoms with Crippen LogP contribution in [0.1, 0.15) is 6.92 Å². The summed E-state index contributed by atoms with van der Waals surface area (Å²) in [5, 5.41) is 0. The molecule has 0 radical (unpaired) electrons. The van der Waals surface area contributed by atoms with E-state index in [4.69, 9.17) is 12.2 Å². The molecule has 0 spiro atoms. The fraction of sp³-hybridized carbons (Fsp3) is 0.308. The first-order valence-electron chi connectivity index (χ1n) is 6.10. The summed E-state index contributed by atoms with van der Waals surface area (Å²) >= 11 is 6.43. The quantitative estimate of drug-likeness (QED) is 0.579. The van der Waals surface area contributed by atoms with Crippen LogP contribution in [0.4, 0.5) is 4.79 Å². The Bertz CT molecular complexity index is 566. The van der Waals surface area contributed by atoms with E-state index in [1.165, 1.54) is 21.6 Å². The minimum Gasteiger partial charge on any atom is -0.304 e. The molecule has 1 fully saturated rings. The van der Waals surface area contributed by atoms with Gasteiger partial charge in [0.15, 0.2) is 0 Å². The second kappa shape index (κ2) is 5.80. The number of carbonyl (C=O) groups excluding carboxylic acids is 2. The molecule has 2 aliphatic rings. The van der Waals surface area contributed by atoms with Crippen LogP contribution >= 0.6 is 24.0 Å². The van der Waals surface area contributed by atoms with Crippen molar-refractivity contribution in [3.05, 3.63) is 35.0 Å². The van der Waals surface area contributed by atoms with Gasteiger partial charge in [0.05, 0.1) is 4.91 Å². The predicted octanol–water partition coefficient (Wildman–Crippen LogP) is 2.15. The number of carbonyl (C=O) groups is 2. The number of hydrogen-bond acceptors (Lipinski definition) is 4. The molecule has 0 aromatic heterocycles. The smallest absolute Gasteiger partial charge is 0.304 e. The molecule has 0 N–H and O–H groups in total. The van der Waals surface area contributed by atoms with E-state index in [-0.39, 0.29) is 11.9 Å². The summed E-state index contributed by atoms with van der Waals surface area (Å²) in [4.78, 5) is 29.0. The highest BCUT2D eigenvalue weighted by Gasteiger charge is 2.30. The van der Waals surface area contributed by atoms with Gasteiger partial charge in [0.1, 0.15) is 4.32 Å². The second-order valence-corrected chi connectivity index (χ2v) is 5.98. The highest BCUT2D eigenvalue weighted by atomic mass is 32.2. The van der Waals surface area contributed by atoms with E-state index in [1.807, 2.05) is 13.0 Å². The highest BCUT2D eigenvalue weighted by Crippen LogP contribution is 2.30. The van der Waals surface area contributed by atoms with Crippen molar-refractivity contribution >= 4 is 40.2 Å². The third-order valence-corrected chi connectivity index (χ3v) is 4.44. The number of thioether (sulfide) groups is 1. The number of thiocarbonyl (C=S) groups is 1. The van der Waals surface area contributed by atoms with E-state index >= 15 is 0 Å². The number of likely N-dealkylation sites (N-methyl/N-ethyl adjacent to an activating group) is 2. The Morgan fingerprint density at radius 2 is 2.00 bits per heavy atom. The Morgan fingerprint density at radius 3 is 2.60 bits per heavy atom.